The average molecular weight is 292 g/mol. The van der Waals surface area contributed by atoms with E-state index in [2.05, 4.69) is 24.2 Å². The second kappa shape index (κ2) is 6.24. The van der Waals surface area contributed by atoms with Gasteiger partial charge < -0.3 is 15.2 Å². The zero-order chi connectivity index (χ0) is 14.7. The molecule has 0 saturated heterocycles. The molecule has 1 atom stereocenters. The largest absolute Gasteiger partial charge is 0.497 e. The normalized spacial score (nSPS) is 12.5. The van der Waals surface area contributed by atoms with Crippen LogP contribution in [0.4, 0.5) is 0 Å². The summed E-state index contributed by atoms with van der Waals surface area (Å²) in [5.74, 6) is 1.88. The molecule has 1 heterocycles. The number of nitrogens with zero attached hydrogens (tertiary/aromatic N) is 1. The van der Waals surface area contributed by atoms with E-state index in [1.807, 2.05) is 18.2 Å². The van der Waals surface area contributed by atoms with Crippen LogP contribution < -0.4 is 15.2 Å². The molecule has 1 unspecified atom stereocenters. The summed E-state index contributed by atoms with van der Waals surface area (Å²) in [6.07, 6.45) is 0. The van der Waals surface area contributed by atoms with Crippen LogP contribution in [0.25, 0.3) is 0 Å². The highest BCUT2D eigenvalue weighted by Crippen LogP contribution is 2.33. The lowest BCUT2D eigenvalue weighted by Gasteiger charge is -2.14. The number of methoxy groups -OCH3 is 2. The molecule has 1 aromatic carbocycles. The Morgan fingerprint density at radius 3 is 2.50 bits per heavy atom. The van der Waals surface area contributed by atoms with Gasteiger partial charge in [-0.25, -0.2) is 4.98 Å². The van der Waals surface area contributed by atoms with E-state index < -0.39 is 0 Å². The van der Waals surface area contributed by atoms with E-state index in [1.165, 1.54) is 0 Å². The Labute approximate surface area is 123 Å². The van der Waals surface area contributed by atoms with Crippen LogP contribution in [0.2, 0.25) is 0 Å². The van der Waals surface area contributed by atoms with Crippen molar-refractivity contribution < 1.29 is 9.47 Å². The summed E-state index contributed by atoms with van der Waals surface area (Å²) in [6.45, 7) is 4.25. The summed E-state index contributed by atoms with van der Waals surface area (Å²) in [4.78, 5) is 4.61. The number of aromatic nitrogens is 1. The van der Waals surface area contributed by atoms with E-state index in [4.69, 9.17) is 15.2 Å². The van der Waals surface area contributed by atoms with E-state index in [0.717, 1.165) is 27.8 Å². The van der Waals surface area contributed by atoms with E-state index in [1.54, 1.807) is 25.6 Å². The van der Waals surface area contributed by atoms with Gasteiger partial charge in [0.1, 0.15) is 16.5 Å². The van der Waals surface area contributed by atoms with Crippen LogP contribution in [0, 0.1) is 0 Å². The van der Waals surface area contributed by atoms with Crippen LogP contribution in [0.5, 0.6) is 11.5 Å². The minimum atomic E-state index is -0.284. The van der Waals surface area contributed by atoms with Crippen LogP contribution in [-0.4, -0.2) is 19.2 Å². The zero-order valence-electron chi connectivity index (χ0n) is 12.2. The average Bonchev–Trinajstić information content (AvgIpc) is 2.95. The number of hydrogen-bond acceptors (Lipinski definition) is 5. The Balaban J connectivity index is 2.34. The molecule has 0 saturated carbocycles. The lowest BCUT2D eigenvalue weighted by molar-refractivity contribution is 0.390. The van der Waals surface area contributed by atoms with Gasteiger partial charge in [0.25, 0.3) is 0 Å². The standard InChI is InChI=1S/C15H20N2O2S/c1-9(2)12-8-20-15(17-12)14(16)11-6-5-10(18-3)7-13(11)19-4/h5-9,14H,16H2,1-4H3. The van der Waals surface area contributed by atoms with Gasteiger partial charge in [0, 0.05) is 17.0 Å². The molecule has 2 rings (SSSR count). The second-order valence-corrected chi connectivity index (χ2v) is 5.74. The number of rotatable bonds is 5. The van der Waals surface area contributed by atoms with E-state index in [9.17, 15) is 0 Å². The minimum absolute atomic E-state index is 0.284. The monoisotopic (exact) mass is 292 g/mol. The second-order valence-electron chi connectivity index (χ2n) is 4.85. The lowest BCUT2D eigenvalue weighted by atomic mass is 10.1. The molecule has 0 bridgehead atoms. The van der Waals surface area contributed by atoms with Crippen molar-refractivity contribution in [2.45, 2.75) is 25.8 Å². The molecular weight excluding hydrogens is 272 g/mol. The number of hydrogen-bond donors (Lipinski definition) is 1. The van der Waals surface area contributed by atoms with Gasteiger partial charge in [-0.2, -0.15) is 0 Å². The van der Waals surface area contributed by atoms with Gasteiger partial charge in [-0.1, -0.05) is 13.8 Å². The van der Waals surface area contributed by atoms with Crippen molar-refractivity contribution >= 4 is 11.3 Å². The van der Waals surface area contributed by atoms with Gasteiger partial charge in [-0.15, -0.1) is 11.3 Å². The summed E-state index contributed by atoms with van der Waals surface area (Å²) >= 11 is 1.59. The first-order chi connectivity index (χ1) is 9.56. The van der Waals surface area contributed by atoms with Crippen molar-refractivity contribution in [3.63, 3.8) is 0 Å². The van der Waals surface area contributed by atoms with Crippen LogP contribution in [-0.2, 0) is 0 Å². The predicted octanol–water partition coefficient (Wildman–Crippen LogP) is 3.33. The molecule has 0 amide bonds. The third-order valence-corrected chi connectivity index (χ3v) is 4.12. The number of nitrogens with two attached hydrogens (primary N) is 1. The molecule has 2 aromatic rings. The highest BCUT2D eigenvalue weighted by Gasteiger charge is 2.18. The predicted molar refractivity (Wildman–Crippen MR) is 81.8 cm³/mol. The molecule has 1 aromatic heterocycles. The van der Waals surface area contributed by atoms with E-state index in [-0.39, 0.29) is 6.04 Å². The molecule has 0 radical (unpaired) electrons. The third kappa shape index (κ3) is 2.94. The van der Waals surface area contributed by atoms with E-state index in [0.29, 0.717) is 5.92 Å². The van der Waals surface area contributed by atoms with Crippen molar-refractivity contribution in [3.8, 4) is 11.5 Å². The van der Waals surface area contributed by atoms with Gasteiger partial charge in [-0.3, -0.25) is 0 Å². The molecular formula is C15H20N2O2S. The van der Waals surface area contributed by atoms with Gasteiger partial charge in [0.05, 0.1) is 26.0 Å². The summed E-state index contributed by atoms with van der Waals surface area (Å²) in [5, 5.41) is 2.97. The molecule has 0 aliphatic rings. The summed E-state index contributed by atoms with van der Waals surface area (Å²) in [7, 11) is 3.26. The van der Waals surface area contributed by atoms with E-state index >= 15 is 0 Å². The first-order valence-electron chi connectivity index (χ1n) is 6.49. The summed E-state index contributed by atoms with van der Waals surface area (Å²) < 4.78 is 10.6. The fourth-order valence-corrected chi connectivity index (χ4v) is 2.92. The van der Waals surface area contributed by atoms with Gasteiger partial charge in [-0.05, 0) is 18.1 Å². The minimum Gasteiger partial charge on any atom is -0.497 e. The molecule has 108 valence electrons. The van der Waals surface area contributed by atoms with Gasteiger partial charge in [0.15, 0.2) is 0 Å². The van der Waals surface area contributed by atoms with Crippen molar-refractivity contribution in [3.05, 3.63) is 39.8 Å². The topological polar surface area (TPSA) is 57.4 Å². The van der Waals surface area contributed by atoms with Crippen molar-refractivity contribution in [2.24, 2.45) is 5.73 Å². The van der Waals surface area contributed by atoms with Crippen LogP contribution in [0.15, 0.2) is 23.6 Å². The highest BCUT2D eigenvalue weighted by molar-refractivity contribution is 7.09. The maximum Gasteiger partial charge on any atom is 0.127 e. The maximum absolute atomic E-state index is 6.32. The molecule has 5 heteroatoms. The summed E-state index contributed by atoms with van der Waals surface area (Å²) in [6, 6.07) is 5.37. The quantitative estimate of drug-likeness (QED) is 0.918. The first-order valence-corrected chi connectivity index (χ1v) is 7.37. The summed E-state index contributed by atoms with van der Waals surface area (Å²) in [5.41, 5.74) is 8.32. The fraction of sp³-hybridized carbons (Fsp3) is 0.400. The zero-order valence-corrected chi connectivity index (χ0v) is 13.0. The molecule has 2 N–H and O–H groups in total. The Hall–Kier alpha value is -1.59. The Bertz CT molecular complexity index is 581. The maximum atomic E-state index is 6.32. The molecule has 0 fully saturated rings. The van der Waals surface area contributed by atoms with Crippen molar-refractivity contribution in [1.29, 1.82) is 0 Å². The lowest BCUT2D eigenvalue weighted by Crippen LogP contribution is -2.13. The van der Waals surface area contributed by atoms with Gasteiger partial charge in [0.2, 0.25) is 0 Å². The van der Waals surface area contributed by atoms with Crippen molar-refractivity contribution in [1.82, 2.24) is 4.98 Å². The Morgan fingerprint density at radius 2 is 1.95 bits per heavy atom. The first kappa shape index (κ1) is 14.8. The molecule has 0 aliphatic heterocycles. The Kier molecular flexibility index (Phi) is 4.62. The highest BCUT2D eigenvalue weighted by atomic mass is 32.1. The molecule has 20 heavy (non-hydrogen) atoms. The van der Waals surface area contributed by atoms with Gasteiger partial charge >= 0.3 is 0 Å². The fourth-order valence-electron chi connectivity index (χ4n) is 1.92. The number of ether oxygens (including phenoxy) is 2. The number of benzene rings is 1. The number of thiazole rings is 1. The van der Waals surface area contributed by atoms with Crippen LogP contribution in [0.3, 0.4) is 0 Å². The smallest absolute Gasteiger partial charge is 0.127 e. The van der Waals surface area contributed by atoms with Crippen molar-refractivity contribution in [2.75, 3.05) is 14.2 Å². The molecule has 0 spiro atoms. The Morgan fingerprint density at radius 1 is 1.20 bits per heavy atom. The molecule has 4 nitrogen and oxygen atoms in total. The third-order valence-electron chi connectivity index (χ3n) is 3.17. The molecule has 0 aliphatic carbocycles. The van der Waals surface area contributed by atoms with Crippen LogP contribution >= 0.6 is 11.3 Å². The van der Waals surface area contributed by atoms with Crippen LogP contribution in [0.1, 0.15) is 42.1 Å². The SMILES string of the molecule is COc1ccc(C(N)c2nc(C(C)C)cs2)c(OC)c1.